The maximum absolute atomic E-state index is 12.2. The van der Waals surface area contributed by atoms with Gasteiger partial charge < -0.3 is 18.9 Å². The van der Waals surface area contributed by atoms with Gasteiger partial charge in [0.2, 0.25) is 0 Å². The van der Waals surface area contributed by atoms with Crippen LogP contribution < -0.4 is 11.2 Å². The van der Waals surface area contributed by atoms with E-state index in [1.165, 1.54) is 13.1 Å². The van der Waals surface area contributed by atoms with Crippen LogP contribution in [0.1, 0.15) is 33.9 Å². The van der Waals surface area contributed by atoms with E-state index in [2.05, 4.69) is 4.98 Å². The Bertz CT molecular complexity index is 851. The maximum Gasteiger partial charge on any atom is 0.330 e. The Kier molecular flexibility index (Phi) is 4.96. The van der Waals surface area contributed by atoms with Gasteiger partial charge in [0.15, 0.2) is 18.4 Å². The van der Waals surface area contributed by atoms with Crippen LogP contribution in [0.4, 0.5) is 0 Å². The summed E-state index contributed by atoms with van der Waals surface area (Å²) in [6, 6.07) is 1.15. The van der Waals surface area contributed by atoms with Gasteiger partial charge in [-0.15, -0.1) is 0 Å². The number of ether oxygens (including phenoxy) is 4. The summed E-state index contributed by atoms with van der Waals surface area (Å²) in [7, 11) is 0. The molecule has 1 N–H and O–H groups in total. The lowest BCUT2D eigenvalue weighted by Crippen LogP contribution is -2.39. The Labute approximate surface area is 154 Å². The van der Waals surface area contributed by atoms with Crippen molar-refractivity contribution in [3.8, 4) is 0 Å². The standard InChI is InChI=1S/C17H22N2O8/c1-8(20)25-13-12-11(9(7-24-12)26-15(22)17(2,3)4)27-14(13)19-6-5-10(21)18-16(19)23/h5-6,9,11-14H,7H2,1-4H3,(H,18,21,23)/t9-,11-,12+,13-,14-/m1/s1. The molecule has 2 saturated heterocycles. The van der Waals surface area contributed by atoms with Crippen molar-refractivity contribution >= 4 is 11.9 Å². The van der Waals surface area contributed by atoms with Crippen molar-refractivity contribution < 1.29 is 28.5 Å². The number of nitrogens with one attached hydrogen (secondary N) is 1. The molecular formula is C17H22N2O8. The summed E-state index contributed by atoms with van der Waals surface area (Å²) in [5.74, 6) is -1.00. The third-order valence-corrected chi connectivity index (χ3v) is 4.34. The van der Waals surface area contributed by atoms with Crippen LogP contribution in [0.25, 0.3) is 0 Å². The Morgan fingerprint density at radius 3 is 2.52 bits per heavy atom. The molecule has 3 rings (SSSR count). The first-order valence-electron chi connectivity index (χ1n) is 8.55. The molecule has 5 atom stereocenters. The third-order valence-electron chi connectivity index (χ3n) is 4.34. The second kappa shape index (κ2) is 6.93. The van der Waals surface area contributed by atoms with Crippen molar-refractivity contribution in [2.24, 2.45) is 5.41 Å². The number of rotatable bonds is 3. The van der Waals surface area contributed by atoms with Crippen LogP contribution in [0.5, 0.6) is 0 Å². The van der Waals surface area contributed by atoms with E-state index < -0.39 is 59.2 Å². The van der Waals surface area contributed by atoms with E-state index in [9.17, 15) is 19.2 Å². The summed E-state index contributed by atoms with van der Waals surface area (Å²) >= 11 is 0. The number of hydrogen-bond acceptors (Lipinski definition) is 8. The second-order valence-electron chi connectivity index (χ2n) is 7.57. The van der Waals surface area contributed by atoms with Crippen LogP contribution in [-0.2, 0) is 28.5 Å². The number of H-pyrrole nitrogens is 1. The monoisotopic (exact) mass is 382 g/mol. The summed E-state index contributed by atoms with van der Waals surface area (Å²) < 4.78 is 23.5. The van der Waals surface area contributed by atoms with Crippen LogP contribution in [-0.4, -0.2) is 52.5 Å². The SMILES string of the molecule is CC(=O)O[C@@H]1[C@H]2OC[C@@H](OC(=O)C(C)(C)C)[C@H]2O[C@H]1n1ccc(=O)[nH]c1=O. The third kappa shape index (κ3) is 3.81. The van der Waals surface area contributed by atoms with E-state index in [0.29, 0.717) is 0 Å². The predicted molar refractivity (Wildman–Crippen MR) is 89.9 cm³/mol. The first-order valence-corrected chi connectivity index (χ1v) is 8.55. The molecule has 0 bridgehead atoms. The van der Waals surface area contributed by atoms with Crippen LogP contribution in [0.2, 0.25) is 0 Å². The molecule has 148 valence electrons. The van der Waals surface area contributed by atoms with Crippen LogP contribution in [0, 0.1) is 5.41 Å². The highest BCUT2D eigenvalue weighted by atomic mass is 16.7. The van der Waals surface area contributed by atoms with E-state index in [4.69, 9.17) is 18.9 Å². The number of fused-ring (bicyclic) bond motifs is 1. The maximum atomic E-state index is 12.2. The molecule has 0 aromatic carbocycles. The number of carbonyl (C=O) groups is 2. The minimum Gasteiger partial charge on any atom is -0.457 e. The van der Waals surface area contributed by atoms with Gasteiger partial charge in [-0.05, 0) is 20.8 Å². The Balaban J connectivity index is 1.88. The first kappa shape index (κ1) is 19.3. The first-order chi connectivity index (χ1) is 12.6. The van der Waals surface area contributed by atoms with E-state index in [1.807, 2.05) is 0 Å². The highest BCUT2D eigenvalue weighted by molar-refractivity contribution is 5.75. The summed E-state index contributed by atoms with van der Waals surface area (Å²) in [6.07, 6.45) is -2.85. The van der Waals surface area contributed by atoms with Crippen molar-refractivity contribution in [2.75, 3.05) is 6.61 Å². The van der Waals surface area contributed by atoms with Gasteiger partial charge in [-0.25, -0.2) is 4.79 Å². The van der Waals surface area contributed by atoms with Crippen molar-refractivity contribution in [1.29, 1.82) is 0 Å². The lowest BCUT2D eigenvalue weighted by atomic mass is 9.97. The van der Waals surface area contributed by atoms with Gasteiger partial charge in [0.1, 0.15) is 12.2 Å². The van der Waals surface area contributed by atoms with Crippen molar-refractivity contribution in [2.45, 2.75) is 58.3 Å². The molecule has 10 nitrogen and oxygen atoms in total. The molecule has 0 saturated carbocycles. The quantitative estimate of drug-likeness (QED) is 0.708. The van der Waals surface area contributed by atoms with Gasteiger partial charge in [0.25, 0.3) is 5.56 Å². The van der Waals surface area contributed by atoms with Gasteiger partial charge in [-0.3, -0.25) is 23.9 Å². The van der Waals surface area contributed by atoms with Gasteiger partial charge in [0.05, 0.1) is 12.0 Å². The fourth-order valence-corrected chi connectivity index (χ4v) is 3.04. The summed E-state index contributed by atoms with van der Waals surface area (Å²) in [6.45, 7) is 6.49. The normalized spacial score (nSPS) is 30.0. The number of carbonyl (C=O) groups excluding carboxylic acids is 2. The topological polar surface area (TPSA) is 126 Å². The summed E-state index contributed by atoms with van der Waals surface area (Å²) in [4.78, 5) is 49.3. The van der Waals surface area contributed by atoms with Gasteiger partial charge >= 0.3 is 17.6 Å². The molecule has 0 amide bonds. The van der Waals surface area contributed by atoms with Gasteiger partial charge in [0, 0.05) is 19.2 Å². The minimum atomic E-state index is -1.02. The fraction of sp³-hybridized carbons (Fsp3) is 0.647. The van der Waals surface area contributed by atoms with Crippen LogP contribution in [0.3, 0.4) is 0 Å². The molecule has 1 aromatic rings. The number of hydrogen-bond donors (Lipinski definition) is 1. The molecule has 2 aliphatic rings. The Hall–Kier alpha value is -2.46. The fourth-order valence-electron chi connectivity index (χ4n) is 3.04. The highest BCUT2D eigenvalue weighted by Gasteiger charge is 2.57. The average molecular weight is 382 g/mol. The van der Waals surface area contributed by atoms with E-state index >= 15 is 0 Å². The number of aromatic amines is 1. The molecule has 3 heterocycles. The molecule has 27 heavy (non-hydrogen) atoms. The molecule has 2 fully saturated rings. The summed E-state index contributed by atoms with van der Waals surface area (Å²) in [5, 5.41) is 0. The van der Waals surface area contributed by atoms with Gasteiger partial charge in [-0.1, -0.05) is 0 Å². The molecule has 0 spiro atoms. The molecule has 0 aliphatic carbocycles. The Morgan fingerprint density at radius 1 is 1.22 bits per heavy atom. The zero-order valence-electron chi connectivity index (χ0n) is 15.5. The van der Waals surface area contributed by atoms with Crippen molar-refractivity contribution in [3.05, 3.63) is 33.1 Å². The van der Waals surface area contributed by atoms with E-state index in [1.54, 1.807) is 20.8 Å². The molecule has 1 aromatic heterocycles. The molecular weight excluding hydrogens is 360 g/mol. The van der Waals surface area contributed by atoms with E-state index in [0.717, 1.165) is 10.6 Å². The lowest BCUT2D eigenvalue weighted by molar-refractivity contribution is -0.169. The number of aromatic nitrogens is 2. The number of esters is 2. The lowest BCUT2D eigenvalue weighted by Gasteiger charge is -2.24. The van der Waals surface area contributed by atoms with Gasteiger partial charge in [-0.2, -0.15) is 0 Å². The largest absolute Gasteiger partial charge is 0.457 e. The molecule has 0 unspecified atom stereocenters. The second-order valence-corrected chi connectivity index (χ2v) is 7.57. The number of nitrogens with zero attached hydrogens (tertiary/aromatic N) is 1. The van der Waals surface area contributed by atoms with Crippen molar-refractivity contribution in [1.82, 2.24) is 9.55 Å². The van der Waals surface area contributed by atoms with E-state index in [-0.39, 0.29) is 6.61 Å². The minimum absolute atomic E-state index is 0.0855. The Morgan fingerprint density at radius 2 is 1.93 bits per heavy atom. The summed E-state index contributed by atoms with van der Waals surface area (Å²) in [5.41, 5.74) is -1.99. The van der Waals surface area contributed by atoms with Crippen LogP contribution in [0.15, 0.2) is 21.9 Å². The molecule has 0 radical (unpaired) electrons. The molecule has 10 heteroatoms. The molecule has 2 aliphatic heterocycles. The van der Waals surface area contributed by atoms with Crippen molar-refractivity contribution in [3.63, 3.8) is 0 Å². The predicted octanol–water partition coefficient (Wildman–Crippen LogP) is -0.278. The zero-order chi connectivity index (χ0) is 19.9. The smallest absolute Gasteiger partial charge is 0.330 e. The average Bonchev–Trinajstić information content (AvgIpc) is 3.07. The van der Waals surface area contributed by atoms with Crippen LogP contribution >= 0.6 is 0 Å². The highest BCUT2D eigenvalue weighted by Crippen LogP contribution is 2.39. The zero-order valence-corrected chi connectivity index (χ0v) is 15.5.